The van der Waals surface area contributed by atoms with E-state index in [2.05, 4.69) is 5.32 Å². The summed E-state index contributed by atoms with van der Waals surface area (Å²) in [6.07, 6.45) is 0.339. The highest BCUT2D eigenvalue weighted by molar-refractivity contribution is 7.92. The summed E-state index contributed by atoms with van der Waals surface area (Å²) >= 11 is 0. The second-order valence-corrected chi connectivity index (χ2v) is 11.1. The molecule has 0 saturated heterocycles. The van der Waals surface area contributed by atoms with Crippen LogP contribution < -0.4 is 19.1 Å². The zero-order valence-corrected chi connectivity index (χ0v) is 24.4. The summed E-state index contributed by atoms with van der Waals surface area (Å²) in [5.41, 5.74) is 1.91. The van der Waals surface area contributed by atoms with Crippen LogP contribution in [0.25, 0.3) is 0 Å². The number of nitrogens with zero attached hydrogens (tertiary/aromatic N) is 2. The van der Waals surface area contributed by atoms with E-state index in [1.807, 2.05) is 19.9 Å². The lowest BCUT2D eigenvalue weighted by Crippen LogP contribution is -2.52. The Morgan fingerprint density at radius 3 is 2.12 bits per heavy atom. The third-order valence-electron chi connectivity index (χ3n) is 6.45. The van der Waals surface area contributed by atoms with Gasteiger partial charge in [0.25, 0.3) is 10.0 Å². The Hall–Kier alpha value is -4.05. The molecule has 0 unspecified atom stereocenters. The van der Waals surface area contributed by atoms with Crippen molar-refractivity contribution in [2.75, 3.05) is 31.6 Å². The van der Waals surface area contributed by atoms with Gasteiger partial charge in [0.2, 0.25) is 11.8 Å². The lowest BCUT2D eigenvalue weighted by atomic mass is 10.1. The smallest absolute Gasteiger partial charge is 0.264 e. The van der Waals surface area contributed by atoms with Crippen LogP contribution in [0.2, 0.25) is 0 Å². The highest BCUT2D eigenvalue weighted by atomic mass is 32.2. The van der Waals surface area contributed by atoms with Gasteiger partial charge < -0.3 is 19.7 Å². The summed E-state index contributed by atoms with van der Waals surface area (Å²) in [7, 11) is -1.13. The molecule has 0 aliphatic heterocycles. The first-order valence-electron chi connectivity index (χ1n) is 13.1. The number of likely N-dealkylation sites (N-methyl/N-ethyl adjacent to an activating group) is 1. The number of anilines is 1. The SMILES string of the molecule is CCNC(=O)[C@H](CC)N(Cc1cccc(OC)c1)C(=O)CN(c1cccc(OC)c1)S(=O)(=O)c1ccc(C)cc1. The minimum absolute atomic E-state index is 0.0452. The molecule has 0 aliphatic carbocycles. The number of rotatable bonds is 13. The van der Waals surface area contributed by atoms with Crippen molar-refractivity contribution < 1.29 is 27.5 Å². The second-order valence-electron chi connectivity index (χ2n) is 9.22. The Balaban J connectivity index is 2.08. The largest absolute Gasteiger partial charge is 0.497 e. The fourth-order valence-electron chi connectivity index (χ4n) is 4.31. The van der Waals surface area contributed by atoms with Crippen molar-refractivity contribution in [2.45, 2.75) is 44.7 Å². The first-order valence-corrected chi connectivity index (χ1v) is 14.5. The predicted molar refractivity (Wildman–Crippen MR) is 155 cm³/mol. The van der Waals surface area contributed by atoms with Crippen molar-refractivity contribution in [3.05, 3.63) is 83.9 Å². The first-order chi connectivity index (χ1) is 19.1. The molecule has 0 heterocycles. The maximum atomic E-state index is 14.1. The number of methoxy groups -OCH3 is 2. The Labute approximate surface area is 236 Å². The Kier molecular flexibility index (Phi) is 10.6. The van der Waals surface area contributed by atoms with Gasteiger partial charge in [0.1, 0.15) is 24.1 Å². The van der Waals surface area contributed by atoms with Gasteiger partial charge in [-0.2, -0.15) is 0 Å². The quantitative estimate of drug-likeness (QED) is 0.333. The average Bonchev–Trinajstić information content (AvgIpc) is 2.96. The molecule has 10 heteroatoms. The fraction of sp³-hybridized carbons (Fsp3) is 0.333. The fourth-order valence-corrected chi connectivity index (χ4v) is 5.72. The van der Waals surface area contributed by atoms with Crippen LogP contribution in [0.15, 0.2) is 77.7 Å². The number of amides is 2. The molecule has 40 heavy (non-hydrogen) atoms. The Morgan fingerprint density at radius 1 is 0.900 bits per heavy atom. The number of ether oxygens (including phenoxy) is 2. The van der Waals surface area contributed by atoms with Crippen LogP contribution in [-0.2, 0) is 26.2 Å². The number of hydrogen-bond donors (Lipinski definition) is 1. The van der Waals surface area contributed by atoms with E-state index in [4.69, 9.17) is 9.47 Å². The molecule has 9 nitrogen and oxygen atoms in total. The molecule has 0 spiro atoms. The van der Waals surface area contributed by atoms with Crippen molar-refractivity contribution in [1.82, 2.24) is 10.2 Å². The molecule has 0 fully saturated rings. The van der Waals surface area contributed by atoms with E-state index in [9.17, 15) is 18.0 Å². The molecular formula is C30H37N3O6S. The summed E-state index contributed by atoms with van der Waals surface area (Å²) in [6, 6.07) is 19.3. The Morgan fingerprint density at radius 2 is 1.52 bits per heavy atom. The van der Waals surface area contributed by atoms with Gasteiger partial charge in [-0.15, -0.1) is 0 Å². The van der Waals surface area contributed by atoms with Crippen molar-refractivity contribution in [1.29, 1.82) is 0 Å². The number of sulfonamides is 1. The molecule has 1 N–H and O–H groups in total. The van der Waals surface area contributed by atoms with E-state index in [1.165, 1.54) is 24.1 Å². The van der Waals surface area contributed by atoms with Gasteiger partial charge in [-0.3, -0.25) is 13.9 Å². The summed E-state index contributed by atoms with van der Waals surface area (Å²) in [6.45, 7) is 5.44. The number of hydrogen-bond acceptors (Lipinski definition) is 6. The van der Waals surface area contributed by atoms with Crippen LogP contribution >= 0.6 is 0 Å². The number of aryl methyl sites for hydroxylation is 1. The highest BCUT2D eigenvalue weighted by Crippen LogP contribution is 2.28. The molecule has 0 saturated carbocycles. The standard InChI is InChI=1S/C30H37N3O6S/c1-6-28(30(35)31-7-2)32(20-23-10-8-12-25(18-23)38-4)29(34)21-33(24-11-9-13-26(19-24)39-5)40(36,37)27-16-14-22(3)15-17-27/h8-19,28H,6-7,20-21H2,1-5H3,(H,31,35)/t28-/m0/s1. The minimum atomic E-state index is -4.16. The van der Waals surface area contributed by atoms with Crippen molar-refractivity contribution in [2.24, 2.45) is 0 Å². The summed E-state index contributed by atoms with van der Waals surface area (Å²) in [4.78, 5) is 28.6. The normalized spacial score (nSPS) is 11.8. The third-order valence-corrected chi connectivity index (χ3v) is 8.24. The maximum Gasteiger partial charge on any atom is 0.264 e. The van der Waals surface area contributed by atoms with E-state index >= 15 is 0 Å². The zero-order chi connectivity index (χ0) is 29.3. The van der Waals surface area contributed by atoms with Crippen LogP contribution in [-0.4, -0.2) is 58.5 Å². The van der Waals surface area contributed by atoms with Gasteiger partial charge in [0, 0.05) is 19.2 Å². The zero-order valence-electron chi connectivity index (χ0n) is 23.6. The maximum absolute atomic E-state index is 14.1. The van der Waals surface area contributed by atoms with E-state index in [0.29, 0.717) is 24.5 Å². The molecule has 3 rings (SSSR count). The molecular weight excluding hydrogens is 530 g/mol. The van der Waals surface area contributed by atoms with Crippen LogP contribution in [0.5, 0.6) is 11.5 Å². The molecule has 3 aromatic rings. The summed E-state index contributed by atoms with van der Waals surface area (Å²) in [5, 5.41) is 2.80. The second kappa shape index (κ2) is 13.8. The van der Waals surface area contributed by atoms with Gasteiger partial charge in [0.15, 0.2) is 0 Å². The summed E-state index contributed by atoms with van der Waals surface area (Å²) in [5.74, 6) is 0.210. The van der Waals surface area contributed by atoms with Crippen LogP contribution in [0, 0.1) is 6.92 Å². The average molecular weight is 568 g/mol. The van der Waals surface area contributed by atoms with Crippen LogP contribution in [0.1, 0.15) is 31.4 Å². The van der Waals surface area contributed by atoms with Gasteiger partial charge in [-0.1, -0.05) is 42.8 Å². The van der Waals surface area contributed by atoms with E-state index in [1.54, 1.807) is 68.6 Å². The first kappa shape index (κ1) is 30.5. The monoisotopic (exact) mass is 567 g/mol. The molecule has 1 atom stereocenters. The molecule has 0 bridgehead atoms. The van der Waals surface area contributed by atoms with E-state index < -0.39 is 28.5 Å². The van der Waals surface area contributed by atoms with Crippen molar-refractivity contribution >= 4 is 27.5 Å². The predicted octanol–water partition coefficient (Wildman–Crippen LogP) is 4.15. The summed E-state index contributed by atoms with van der Waals surface area (Å²) < 4.78 is 39.6. The van der Waals surface area contributed by atoms with Crippen molar-refractivity contribution in [3.8, 4) is 11.5 Å². The topological polar surface area (TPSA) is 105 Å². The number of nitrogens with one attached hydrogen (secondary N) is 1. The lowest BCUT2D eigenvalue weighted by Gasteiger charge is -2.33. The van der Waals surface area contributed by atoms with Crippen LogP contribution in [0.3, 0.4) is 0 Å². The molecule has 3 aromatic carbocycles. The number of carbonyl (C=O) groups is 2. The molecule has 0 aliphatic rings. The van der Waals surface area contributed by atoms with Gasteiger partial charge in [-0.25, -0.2) is 8.42 Å². The van der Waals surface area contributed by atoms with Gasteiger partial charge in [-0.05, 0) is 62.2 Å². The van der Waals surface area contributed by atoms with Crippen LogP contribution in [0.4, 0.5) is 5.69 Å². The highest BCUT2D eigenvalue weighted by Gasteiger charge is 2.33. The van der Waals surface area contributed by atoms with Gasteiger partial charge in [0.05, 0.1) is 24.8 Å². The molecule has 2 amide bonds. The number of benzene rings is 3. The molecule has 214 valence electrons. The molecule has 0 aromatic heterocycles. The molecule has 0 radical (unpaired) electrons. The third kappa shape index (κ3) is 7.32. The Bertz CT molecular complexity index is 1410. The lowest BCUT2D eigenvalue weighted by molar-refractivity contribution is -0.140. The van der Waals surface area contributed by atoms with Crippen molar-refractivity contribution in [3.63, 3.8) is 0 Å². The van der Waals surface area contributed by atoms with E-state index in [-0.39, 0.29) is 23.0 Å². The van der Waals surface area contributed by atoms with E-state index in [0.717, 1.165) is 15.4 Å². The van der Waals surface area contributed by atoms with Gasteiger partial charge >= 0.3 is 0 Å². The number of carbonyl (C=O) groups excluding carboxylic acids is 2. The minimum Gasteiger partial charge on any atom is -0.497 e.